The summed E-state index contributed by atoms with van der Waals surface area (Å²) in [7, 11) is -10.4. The molecule has 2 aromatic rings. The Kier molecular flexibility index (Phi) is 8.28. The molecule has 13 nitrogen and oxygen atoms in total. The van der Waals surface area contributed by atoms with Crippen molar-refractivity contribution in [3.63, 3.8) is 0 Å². The lowest BCUT2D eigenvalue weighted by atomic mass is 10.1. The lowest BCUT2D eigenvalue weighted by Crippen LogP contribution is -2.04. The van der Waals surface area contributed by atoms with Crippen molar-refractivity contribution in [2.75, 3.05) is 0 Å². The topological polar surface area (TPSA) is 209 Å². The zero-order valence-corrected chi connectivity index (χ0v) is 18.3. The fraction of sp³-hybridized carbons (Fsp3) is 0.375. The molecule has 2 rings (SSSR count). The Bertz CT molecular complexity index is 965. The van der Waals surface area contributed by atoms with Crippen LogP contribution < -0.4 is 0 Å². The highest BCUT2D eigenvalue weighted by atomic mass is 31.3. The Labute approximate surface area is 176 Å². The van der Waals surface area contributed by atoms with Crippen LogP contribution >= 0.6 is 15.6 Å². The molecular weight excluding hydrogens is 458 g/mol. The molecule has 0 radical (unpaired) electrons. The third kappa shape index (κ3) is 6.53. The van der Waals surface area contributed by atoms with E-state index in [1.54, 1.807) is 0 Å². The number of hydrogen-bond donors (Lipinski definition) is 6. The number of hydrogen-bond acceptors (Lipinski definition) is 11. The average Bonchev–Trinajstić information content (AvgIpc) is 2.69. The molecule has 0 spiro atoms. The zero-order chi connectivity index (χ0) is 23.4. The highest BCUT2D eigenvalue weighted by Gasteiger charge is 2.36. The maximum absolute atomic E-state index is 12.1. The standard InChI is InChI=1S/C16H22N2O11P2/c1-9-15(21)13(11(5-19)3-17-9)7-27-30(23,24)29-31(25,26)28-8-14-12(6-20)4-18-10(2)16(14)22/h3-4,19-22H,5-8H2,1-2H3,(H,23,24)(H,25,26). The number of aliphatic hydroxyl groups excluding tert-OH is 2. The van der Waals surface area contributed by atoms with Crippen molar-refractivity contribution in [1.82, 2.24) is 9.97 Å². The van der Waals surface area contributed by atoms with E-state index in [4.69, 9.17) is 0 Å². The summed E-state index contributed by atoms with van der Waals surface area (Å²) in [5, 5.41) is 38.6. The maximum Gasteiger partial charge on any atom is 0.481 e. The van der Waals surface area contributed by atoms with Crippen LogP contribution in [-0.4, -0.2) is 40.2 Å². The Hall–Kier alpha value is -1.92. The first-order valence-corrected chi connectivity index (χ1v) is 11.6. The van der Waals surface area contributed by atoms with E-state index in [2.05, 4.69) is 23.3 Å². The number of rotatable bonds is 10. The van der Waals surface area contributed by atoms with Crippen LogP contribution in [0.1, 0.15) is 33.6 Å². The molecule has 2 aromatic heterocycles. The second-order valence-electron chi connectivity index (χ2n) is 6.27. The van der Waals surface area contributed by atoms with Gasteiger partial charge in [-0.3, -0.25) is 19.0 Å². The van der Waals surface area contributed by atoms with Crippen molar-refractivity contribution in [2.24, 2.45) is 0 Å². The Morgan fingerprint density at radius 2 is 1.16 bits per heavy atom. The second-order valence-corrected chi connectivity index (χ2v) is 9.32. The van der Waals surface area contributed by atoms with Gasteiger partial charge in [0.1, 0.15) is 11.5 Å². The summed E-state index contributed by atoms with van der Waals surface area (Å²) in [5.74, 6) is -0.787. The lowest BCUT2D eigenvalue weighted by Gasteiger charge is -2.18. The predicted octanol–water partition coefficient (Wildman–Crippen LogP) is 1.44. The predicted molar refractivity (Wildman–Crippen MR) is 103 cm³/mol. The van der Waals surface area contributed by atoms with Crippen molar-refractivity contribution >= 4 is 15.6 Å². The summed E-state index contributed by atoms with van der Waals surface area (Å²) in [6, 6.07) is 0. The van der Waals surface area contributed by atoms with Gasteiger partial charge < -0.3 is 30.2 Å². The van der Waals surface area contributed by atoms with Gasteiger partial charge in [0.05, 0.1) is 37.8 Å². The Balaban J connectivity index is 2.10. The highest BCUT2D eigenvalue weighted by Crippen LogP contribution is 2.61. The van der Waals surface area contributed by atoms with Gasteiger partial charge in [-0.2, -0.15) is 4.31 Å². The van der Waals surface area contributed by atoms with Crippen LogP contribution in [0, 0.1) is 13.8 Å². The fourth-order valence-electron chi connectivity index (χ4n) is 2.43. The molecule has 2 heterocycles. The second kappa shape index (κ2) is 10.1. The zero-order valence-electron chi connectivity index (χ0n) is 16.5. The van der Waals surface area contributed by atoms with Gasteiger partial charge in [-0.25, -0.2) is 9.13 Å². The summed E-state index contributed by atoms with van der Waals surface area (Å²) in [6.07, 6.45) is 2.44. The van der Waals surface area contributed by atoms with E-state index in [9.17, 15) is 39.3 Å². The minimum absolute atomic E-state index is 0.0636. The highest BCUT2D eigenvalue weighted by molar-refractivity contribution is 7.61. The maximum atomic E-state index is 12.1. The van der Waals surface area contributed by atoms with E-state index in [-0.39, 0.29) is 33.6 Å². The number of phosphoric ester groups is 2. The molecule has 2 atom stereocenters. The molecule has 31 heavy (non-hydrogen) atoms. The summed E-state index contributed by atoms with van der Waals surface area (Å²) in [4.78, 5) is 27.2. The first kappa shape index (κ1) is 25.3. The van der Waals surface area contributed by atoms with E-state index in [1.807, 2.05) is 0 Å². The molecule has 0 aliphatic carbocycles. The smallest absolute Gasteiger partial charge is 0.481 e. The van der Waals surface area contributed by atoms with Gasteiger partial charge >= 0.3 is 15.6 Å². The van der Waals surface area contributed by atoms with E-state index in [1.165, 1.54) is 26.2 Å². The molecule has 0 aromatic carbocycles. The summed E-state index contributed by atoms with van der Waals surface area (Å²) >= 11 is 0. The van der Waals surface area contributed by atoms with Crippen LogP contribution in [0.25, 0.3) is 0 Å². The first-order valence-electron chi connectivity index (χ1n) is 8.61. The van der Waals surface area contributed by atoms with Crippen LogP contribution in [0.5, 0.6) is 11.5 Å². The summed E-state index contributed by atoms with van der Waals surface area (Å²) in [6.45, 7) is 0.276. The summed E-state index contributed by atoms with van der Waals surface area (Å²) < 4.78 is 37.7. The van der Waals surface area contributed by atoms with Crippen LogP contribution in [0.2, 0.25) is 0 Å². The molecule has 0 amide bonds. The third-order valence-electron chi connectivity index (χ3n) is 4.15. The van der Waals surface area contributed by atoms with Gasteiger partial charge in [0.2, 0.25) is 0 Å². The third-order valence-corrected chi connectivity index (χ3v) is 6.71. The Morgan fingerprint density at radius 1 is 0.806 bits per heavy atom. The molecule has 0 fully saturated rings. The Morgan fingerprint density at radius 3 is 1.48 bits per heavy atom. The van der Waals surface area contributed by atoms with Gasteiger partial charge in [0.15, 0.2) is 0 Å². The largest absolute Gasteiger partial charge is 0.506 e. The number of aliphatic hydroxyl groups is 2. The fourth-order valence-corrected chi connectivity index (χ4v) is 4.44. The minimum atomic E-state index is -5.18. The number of pyridine rings is 2. The van der Waals surface area contributed by atoms with Gasteiger partial charge in [-0.05, 0) is 13.8 Å². The van der Waals surface area contributed by atoms with Crippen molar-refractivity contribution in [1.29, 1.82) is 0 Å². The normalized spacial score (nSPS) is 15.4. The van der Waals surface area contributed by atoms with E-state index >= 15 is 0 Å². The SMILES string of the molecule is Cc1ncc(CO)c(COP(=O)(O)OP(=O)(O)OCc2c(CO)cnc(C)c2O)c1O. The molecule has 0 saturated carbocycles. The number of nitrogens with zero attached hydrogens (tertiary/aromatic N) is 2. The molecular formula is C16H22N2O11P2. The quantitative estimate of drug-likeness (QED) is 0.266. The molecule has 0 bridgehead atoms. The number of aromatic nitrogens is 2. The number of phosphoric acid groups is 2. The van der Waals surface area contributed by atoms with Gasteiger partial charge in [-0.1, -0.05) is 0 Å². The molecule has 0 saturated heterocycles. The molecule has 0 aliphatic heterocycles. The van der Waals surface area contributed by atoms with E-state index in [0.29, 0.717) is 0 Å². The van der Waals surface area contributed by atoms with Gasteiger partial charge in [-0.15, -0.1) is 0 Å². The molecule has 2 unspecified atom stereocenters. The average molecular weight is 480 g/mol. The van der Waals surface area contributed by atoms with Crippen LogP contribution in [0.4, 0.5) is 0 Å². The molecule has 15 heteroatoms. The van der Waals surface area contributed by atoms with Crippen molar-refractivity contribution in [2.45, 2.75) is 40.3 Å². The van der Waals surface area contributed by atoms with Crippen LogP contribution in [0.15, 0.2) is 12.4 Å². The summed E-state index contributed by atoms with van der Waals surface area (Å²) in [5.41, 5.74) is 0.399. The van der Waals surface area contributed by atoms with Crippen molar-refractivity contribution in [3.05, 3.63) is 46.0 Å². The van der Waals surface area contributed by atoms with Gasteiger partial charge in [0, 0.05) is 34.6 Å². The van der Waals surface area contributed by atoms with Crippen LogP contribution in [0.3, 0.4) is 0 Å². The number of aromatic hydroxyl groups is 2. The number of aryl methyl sites for hydroxylation is 2. The lowest BCUT2D eigenvalue weighted by molar-refractivity contribution is 0.144. The first-order chi connectivity index (χ1) is 14.4. The van der Waals surface area contributed by atoms with Crippen molar-refractivity contribution in [3.8, 4) is 11.5 Å². The van der Waals surface area contributed by atoms with E-state index in [0.717, 1.165) is 0 Å². The van der Waals surface area contributed by atoms with Crippen LogP contribution in [-0.2, 0) is 48.9 Å². The minimum Gasteiger partial charge on any atom is -0.506 e. The van der Waals surface area contributed by atoms with Crippen molar-refractivity contribution < 1.29 is 52.7 Å². The molecule has 0 aliphatic rings. The molecule has 6 N–H and O–H groups in total. The van der Waals surface area contributed by atoms with Gasteiger partial charge in [0.25, 0.3) is 0 Å². The monoisotopic (exact) mass is 480 g/mol. The molecule has 172 valence electrons. The van der Waals surface area contributed by atoms with E-state index < -0.39 is 53.6 Å².